The Balaban J connectivity index is 1.32. The first kappa shape index (κ1) is 14.8. The van der Waals surface area contributed by atoms with Gasteiger partial charge in [-0.15, -0.1) is 0 Å². The molecule has 2 saturated heterocycles. The number of rotatable bonds is 4. The van der Waals surface area contributed by atoms with Gasteiger partial charge in [0, 0.05) is 31.9 Å². The topological polar surface area (TPSA) is 36.4 Å². The maximum Gasteiger partial charge on any atom is 0.228 e. The molecule has 0 atom stereocenters. The van der Waals surface area contributed by atoms with Gasteiger partial charge in [-0.3, -0.25) is 14.7 Å². The number of aromatic nitrogens is 1. The molecule has 2 aliphatic rings. The van der Waals surface area contributed by atoms with Crippen LogP contribution in [0.1, 0.15) is 17.7 Å². The minimum atomic E-state index is -0.373. The van der Waals surface area contributed by atoms with Crippen molar-refractivity contribution in [2.45, 2.75) is 24.9 Å². The summed E-state index contributed by atoms with van der Waals surface area (Å²) >= 11 is 1.72. The van der Waals surface area contributed by atoms with E-state index in [2.05, 4.69) is 26.7 Å². The summed E-state index contributed by atoms with van der Waals surface area (Å²) in [5.41, 5.74) is 2.17. The van der Waals surface area contributed by atoms with E-state index in [1.165, 1.54) is 11.6 Å². The summed E-state index contributed by atoms with van der Waals surface area (Å²) in [6.07, 6.45) is 2.57. The van der Waals surface area contributed by atoms with Gasteiger partial charge >= 0.3 is 0 Å². The number of likely N-dealkylation sites (tertiary alicyclic amines) is 2. The number of carbonyl (C=O) groups is 1. The van der Waals surface area contributed by atoms with Crippen molar-refractivity contribution in [3.8, 4) is 0 Å². The molecule has 0 aromatic carbocycles. The molecular formula is C17H18FN3OS. The second-order valence-corrected chi connectivity index (χ2v) is 7.20. The molecule has 1 spiro atoms. The van der Waals surface area contributed by atoms with Gasteiger partial charge in [-0.2, -0.15) is 11.3 Å². The lowest BCUT2D eigenvalue weighted by Crippen LogP contribution is -2.77. The fraction of sp³-hybridized carbons (Fsp3) is 0.412. The second kappa shape index (κ2) is 5.69. The molecule has 0 bridgehead atoms. The molecule has 0 unspecified atom stereocenters. The molecule has 2 aliphatic heterocycles. The van der Waals surface area contributed by atoms with Gasteiger partial charge in [0.1, 0.15) is 5.82 Å². The molecule has 2 aromatic heterocycles. The fourth-order valence-electron chi connectivity index (χ4n) is 3.41. The zero-order chi connectivity index (χ0) is 15.9. The average molecular weight is 331 g/mol. The van der Waals surface area contributed by atoms with Crippen LogP contribution in [0.3, 0.4) is 0 Å². The second-order valence-electron chi connectivity index (χ2n) is 6.42. The van der Waals surface area contributed by atoms with Crippen LogP contribution < -0.4 is 0 Å². The van der Waals surface area contributed by atoms with Crippen molar-refractivity contribution in [1.29, 1.82) is 0 Å². The van der Waals surface area contributed by atoms with E-state index in [0.717, 1.165) is 38.8 Å². The van der Waals surface area contributed by atoms with Gasteiger partial charge in [0.05, 0.1) is 18.2 Å². The Morgan fingerprint density at radius 3 is 2.83 bits per heavy atom. The molecule has 0 N–H and O–H groups in total. The first-order valence-electron chi connectivity index (χ1n) is 7.79. The van der Waals surface area contributed by atoms with Crippen LogP contribution in [0.4, 0.5) is 4.39 Å². The van der Waals surface area contributed by atoms with Gasteiger partial charge in [-0.05, 0) is 40.9 Å². The van der Waals surface area contributed by atoms with Crippen molar-refractivity contribution in [3.05, 3.63) is 52.2 Å². The highest BCUT2D eigenvalue weighted by Crippen LogP contribution is 2.40. The zero-order valence-electron chi connectivity index (χ0n) is 12.7. The lowest BCUT2D eigenvalue weighted by molar-refractivity contribution is -0.161. The summed E-state index contributed by atoms with van der Waals surface area (Å²) in [5.74, 6) is -0.292. The standard InChI is InChI=1S/C17H18FN3OS/c18-14-1-2-15(19-8-14)7-16(22)20-11-17(12-20)4-5-21(17)9-13-3-6-23-10-13/h1-3,6,8,10H,4-5,7,9,11-12H2. The Bertz CT molecular complexity index is 695. The summed E-state index contributed by atoms with van der Waals surface area (Å²) in [7, 11) is 0. The number of thiophene rings is 1. The molecule has 23 heavy (non-hydrogen) atoms. The van der Waals surface area contributed by atoms with Crippen LogP contribution in [-0.4, -0.2) is 45.9 Å². The third kappa shape index (κ3) is 2.77. The lowest BCUT2D eigenvalue weighted by atomic mass is 9.77. The zero-order valence-corrected chi connectivity index (χ0v) is 13.6. The van der Waals surface area contributed by atoms with Crippen LogP contribution >= 0.6 is 11.3 Å². The summed E-state index contributed by atoms with van der Waals surface area (Å²) in [6, 6.07) is 5.09. The van der Waals surface area contributed by atoms with Gasteiger partial charge in [0.2, 0.25) is 5.91 Å². The van der Waals surface area contributed by atoms with Crippen LogP contribution in [0.2, 0.25) is 0 Å². The molecule has 1 amide bonds. The third-order valence-corrected chi connectivity index (χ3v) is 5.65. The van der Waals surface area contributed by atoms with E-state index >= 15 is 0 Å². The molecule has 2 fully saturated rings. The molecule has 4 nitrogen and oxygen atoms in total. The Morgan fingerprint density at radius 1 is 1.35 bits per heavy atom. The fourth-order valence-corrected chi connectivity index (χ4v) is 4.07. The van der Waals surface area contributed by atoms with E-state index in [-0.39, 0.29) is 23.7 Å². The largest absolute Gasteiger partial charge is 0.338 e. The highest BCUT2D eigenvalue weighted by atomic mass is 32.1. The van der Waals surface area contributed by atoms with Gasteiger partial charge in [0.25, 0.3) is 0 Å². The van der Waals surface area contributed by atoms with Crippen molar-refractivity contribution in [2.24, 2.45) is 0 Å². The molecule has 0 radical (unpaired) electrons. The number of carbonyl (C=O) groups excluding carboxylic acids is 1. The summed E-state index contributed by atoms with van der Waals surface area (Å²) in [4.78, 5) is 20.6. The van der Waals surface area contributed by atoms with Crippen LogP contribution in [0.5, 0.6) is 0 Å². The highest BCUT2D eigenvalue weighted by Gasteiger charge is 2.54. The third-order valence-electron chi connectivity index (χ3n) is 4.92. The van der Waals surface area contributed by atoms with Crippen molar-refractivity contribution < 1.29 is 9.18 Å². The van der Waals surface area contributed by atoms with Crippen molar-refractivity contribution in [3.63, 3.8) is 0 Å². The van der Waals surface area contributed by atoms with E-state index in [1.54, 1.807) is 17.4 Å². The summed E-state index contributed by atoms with van der Waals surface area (Å²) < 4.78 is 12.9. The van der Waals surface area contributed by atoms with Gasteiger partial charge in [-0.25, -0.2) is 4.39 Å². The lowest BCUT2D eigenvalue weighted by Gasteiger charge is -2.62. The molecule has 4 heterocycles. The Morgan fingerprint density at radius 2 is 2.22 bits per heavy atom. The number of hydrogen-bond donors (Lipinski definition) is 0. The minimum absolute atomic E-state index is 0.0807. The SMILES string of the molecule is O=C(Cc1ccc(F)cn1)N1CC2(CCN2Cc2ccsc2)C1. The van der Waals surface area contributed by atoms with Gasteiger partial charge in [0.15, 0.2) is 0 Å². The summed E-state index contributed by atoms with van der Waals surface area (Å²) in [5, 5.41) is 4.29. The quantitative estimate of drug-likeness (QED) is 0.863. The maximum absolute atomic E-state index is 12.9. The number of amides is 1. The first-order chi connectivity index (χ1) is 11.1. The molecule has 6 heteroatoms. The normalized spacial score (nSPS) is 19.4. The van der Waals surface area contributed by atoms with Crippen molar-refractivity contribution >= 4 is 17.2 Å². The van der Waals surface area contributed by atoms with Crippen molar-refractivity contribution in [1.82, 2.24) is 14.8 Å². The number of hydrogen-bond acceptors (Lipinski definition) is 4. The Hall–Kier alpha value is -1.79. The minimum Gasteiger partial charge on any atom is -0.338 e. The van der Waals surface area contributed by atoms with Gasteiger partial charge < -0.3 is 4.90 Å². The number of halogens is 1. The number of pyridine rings is 1. The molecule has 4 rings (SSSR count). The van der Waals surface area contributed by atoms with E-state index < -0.39 is 0 Å². The van der Waals surface area contributed by atoms with E-state index in [1.807, 2.05) is 4.90 Å². The smallest absolute Gasteiger partial charge is 0.228 e. The van der Waals surface area contributed by atoms with E-state index in [4.69, 9.17) is 0 Å². The Labute approximate surface area is 138 Å². The average Bonchev–Trinajstić information content (AvgIpc) is 2.98. The predicted molar refractivity (Wildman–Crippen MR) is 86.6 cm³/mol. The molecule has 0 saturated carbocycles. The number of nitrogens with zero attached hydrogens (tertiary/aromatic N) is 3. The summed E-state index contributed by atoms with van der Waals surface area (Å²) in [6.45, 7) is 3.69. The van der Waals surface area contributed by atoms with Crippen molar-refractivity contribution in [2.75, 3.05) is 19.6 Å². The monoisotopic (exact) mass is 331 g/mol. The molecule has 0 aliphatic carbocycles. The Kier molecular flexibility index (Phi) is 3.66. The highest BCUT2D eigenvalue weighted by molar-refractivity contribution is 7.07. The van der Waals surface area contributed by atoms with E-state index in [9.17, 15) is 9.18 Å². The maximum atomic E-state index is 12.9. The van der Waals surface area contributed by atoms with Crippen LogP contribution in [-0.2, 0) is 17.8 Å². The molecule has 120 valence electrons. The van der Waals surface area contributed by atoms with Crippen LogP contribution in [0.25, 0.3) is 0 Å². The van der Waals surface area contributed by atoms with Crippen LogP contribution in [0, 0.1) is 5.82 Å². The van der Waals surface area contributed by atoms with Crippen LogP contribution in [0.15, 0.2) is 35.2 Å². The van der Waals surface area contributed by atoms with E-state index in [0.29, 0.717) is 5.69 Å². The predicted octanol–water partition coefficient (Wildman–Crippen LogP) is 2.31. The first-order valence-corrected chi connectivity index (χ1v) is 8.73. The molecule has 2 aromatic rings. The van der Waals surface area contributed by atoms with Gasteiger partial charge in [-0.1, -0.05) is 0 Å². The molecular weight excluding hydrogens is 313 g/mol.